The maximum absolute atomic E-state index is 12.1. The van der Waals surface area contributed by atoms with Gasteiger partial charge in [0.1, 0.15) is 0 Å². The van der Waals surface area contributed by atoms with Crippen LogP contribution in [-0.4, -0.2) is 40.0 Å². The lowest BCUT2D eigenvalue weighted by molar-refractivity contribution is 0.213. The van der Waals surface area contributed by atoms with Crippen LogP contribution in [0.1, 0.15) is 24.8 Å². The van der Waals surface area contributed by atoms with Crippen molar-refractivity contribution in [2.75, 3.05) is 26.7 Å². The Morgan fingerprint density at radius 2 is 1.95 bits per heavy atom. The van der Waals surface area contributed by atoms with E-state index in [9.17, 15) is 8.42 Å². The van der Waals surface area contributed by atoms with E-state index in [0.29, 0.717) is 28.1 Å². The van der Waals surface area contributed by atoms with Crippen molar-refractivity contribution < 1.29 is 8.42 Å². The number of piperidine rings is 1. The Labute approximate surface area is 142 Å². The first-order chi connectivity index (χ1) is 10.4. The summed E-state index contributed by atoms with van der Waals surface area (Å²) in [6, 6.07) is 4.87. The number of hydrogen-bond donors (Lipinski definition) is 1. The molecule has 2 rings (SSSR count). The van der Waals surface area contributed by atoms with Gasteiger partial charge in [0, 0.05) is 16.6 Å². The zero-order valence-electron chi connectivity index (χ0n) is 12.7. The molecule has 1 saturated heterocycles. The average molecular weight is 365 g/mol. The number of sulfonamides is 1. The first kappa shape index (κ1) is 18.0. The molecular formula is C15H22Cl2N2O2S. The molecule has 1 aromatic carbocycles. The molecule has 0 radical (unpaired) electrons. The Bertz CT molecular complexity index is 600. The van der Waals surface area contributed by atoms with Crippen LogP contribution in [0, 0.1) is 5.92 Å². The summed E-state index contributed by atoms with van der Waals surface area (Å²) >= 11 is 11.8. The summed E-state index contributed by atoms with van der Waals surface area (Å²) in [5, 5.41) is 0.884. The number of halogens is 2. The monoisotopic (exact) mass is 364 g/mol. The predicted molar refractivity (Wildman–Crippen MR) is 91.9 cm³/mol. The Balaban J connectivity index is 1.81. The molecule has 1 N–H and O–H groups in total. The van der Waals surface area contributed by atoms with Crippen LogP contribution in [0.2, 0.25) is 10.0 Å². The van der Waals surface area contributed by atoms with Gasteiger partial charge in [0.2, 0.25) is 10.0 Å². The van der Waals surface area contributed by atoms with Crippen molar-refractivity contribution in [3.63, 3.8) is 0 Å². The molecule has 22 heavy (non-hydrogen) atoms. The molecule has 0 aliphatic carbocycles. The quantitative estimate of drug-likeness (QED) is 0.843. The second-order valence-electron chi connectivity index (χ2n) is 5.92. The lowest BCUT2D eigenvalue weighted by Gasteiger charge is -2.28. The summed E-state index contributed by atoms with van der Waals surface area (Å²) in [5.74, 6) is 0.495. The number of likely N-dealkylation sites (tertiary alicyclic amines) is 1. The minimum atomic E-state index is -3.37. The van der Waals surface area contributed by atoms with Gasteiger partial charge in [-0.25, -0.2) is 13.1 Å². The molecule has 124 valence electrons. The smallest absolute Gasteiger partial charge is 0.215 e. The molecule has 1 aromatic rings. The second kappa shape index (κ2) is 7.97. The molecule has 1 aliphatic rings. The van der Waals surface area contributed by atoms with Gasteiger partial charge in [-0.05, 0) is 63.0 Å². The highest BCUT2D eigenvalue weighted by Gasteiger charge is 2.18. The summed E-state index contributed by atoms with van der Waals surface area (Å²) in [7, 11) is -1.25. The van der Waals surface area contributed by atoms with Gasteiger partial charge in [-0.1, -0.05) is 29.3 Å². The highest BCUT2D eigenvalue weighted by Crippen LogP contribution is 2.23. The number of nitrogens with zero attached hydrogens (tertiary/aromatic N) is 1. The van der Waals surface area contributed by atoms with Crippen molar-refractivity contribution in [1.29, 1.82) is 0 Å². The van der Waals surface area contributed by atoms with Crippen molar-refractivity contribution in [2.45, 2.75) is 25.0 Å². The first-order valence-electron chi connectivity index (χ1n) is 7.45. The van der Waals surface area contributed by atoms with Crippen molar-refractivity contribution in [3.8, 4) is 0 Å². The highest BCUT2D eigenvalue weighted by molar-refractivity contribution is 7.88. The lowest BCUT2D eigenvalue weighted by Crippen LogP contribution is -2.33. The third-order valence-corrected chi connectivity index (χ3v) is 6.00. The number of benzene rings is 1. The van der Waals surface area contributed by atoms with Crippen LogP contribution in [0.15, 0.2) is 18.2 Å². The molecule has 7 heteroatoms. The Morgan fingerprint density at radius 3 is 2.59 bits per heavy atom. The molecule has 0 unspecified atom stereocenters. The van der Waals surface area contributed by atoms with Crippen molar-refractivity contribution in [3.05, 3.63) is 33.8 Å². The van der Waals surface area contributed by atoms with Crippen LogP contribution in [0.25, 0.3) is 0 Å². The average Bonchev–Trinajstić information content (AvgIpc) is 2.44. The van der Waals surface area contributed by atoms with Crippen molar-refractivity contribution in [2.24, 2.45) is 5.92 Å². The predicted octanol–water partition coefficient (Wildman–Crippen LogP) is 3.14. The molecule has 0 spiro atoms. The van der Waals surface area contributed by atoms with Crippen LogP contribution < -0.4 is 4.72 Å². The van der Waals surface area contributed by atoms with E-state index >= 15 is 0 Å². The highest BCUT2D eigenvalue weighted by atomic mass is 35.5. The topological polar surface area (TPSA) is 49.4 Å². The molecule has 0 saturated carbocycles. The van der Waals surface area contributed by atoms with Crippen LogP contribution >= 0.6 is 23.2 Å². The van der Waals surface area contributed by atoms with Crippen LogP contribution in [0.3, 0.4) is 0 Å². The first-order valence-corrected chi connectivity index (χ1v) is 9.86. The minimum absolute atomic E-state index is 0.115. The molecule has 0 atom stereocenters. The summed E-state index contributed by atoms with van der Waals surface area (Å²) in [6.45, 7) is 2.68. The fourth-order valence-corrected chi connectivity index (χ4v) is 4.41. The van der Waals surface area contributed by atoms with E-state index in [2.05, 4.69) is 16.7 Å². The largest absolute Gasteiger partial charge is 0.306 e. The van der Waals surface area contributed by atoms with Gasteiger partial charge in [0.15, 0.2) is 0 Å². The Kier molecular flexibility index (Phi) is 6.53. The lowest BCUT2D eigenvalue weighted by atomic mass is 9.94. The van der Waals surface area contributed by atoms with E-state index in [1.54, 1.807) is 18.2 Å². The third-order valence-electron chi connectivity index (χ3n) is 4.07. The SMILES string of the molecule is CN1CCC(CCNS(=O)(=O)Cc2ccc(Cl)cc2Cl)CC1. The molecular weight excluding hydrogens is 343 g/mol. The van der Waals surface area contributed by atoms with Gasteiger partial charge >= 0.3 is 0 Å². The van der Waals surface area contributed by atoms with E-state index in [1.165, 1.54) is 0 Å². The summed E-state index contributed by atoms with van der Waals surface area (Å²) in [4.78, 5) is 2.31. The maximum atomic E-state index is 12.1. The number of rotatable bonds is 6. The molecule has 4 nitrogen and oxygen atoms in total. The number of hydrogen-bond acceptors (Lipinski definition) is 3. The zero-order chi connectivity index (χ0) is 16.2. The van der Waals surface area contributed by atoms with Gasteiger partial charge in [-0.2, -0.15) is 0 Å². The van der Waals surface area contributed by atoms with Gasteiger partial charge in [0.05, 0.1) is 5.75 Å². The molecule has 0 aromatic heterocycles. The van der Waals surface area contributed by atoms with E-state index in [4.69, 9.17) is 23.2 Å². The normalized spacial score (nSPS) is 17.8. The van der Waals surface area contributed by atoms with Gasteiger partial charge in [-0.3, -0.25) is 0 Å². The molecule has 0 bridgehead atoms. The minimum Gasteiger partial charge on any atom is -0.306 e. The van der Waals surface area contributed by atoms with Gasteiger partial charge < -0.3 is 4.90 Å². The molecule has 1 fully saturated rings. The summed E-state index contributed by atoms with van der Waals surface area (Å²) in [5.41, 5.74) is 0.567. The van der Waals surface area contributed by atoms with Crippen molar-refractivity contribution in [1.82, 2.24) is 9.62 Å². The summed E-state index contributed by atoms with van der Waals surface area (Å²) < 4.78 is 26.9. The third kappa shape index (κ3) is 5.70. The van der Waals surface area contributed by atoms with E-state index < -0.39 is 10.0 Å². The van der Waals surface area contributed by atoms with Crippen LogP contribution in [-0.2, 0) is 15.8 Å². The van der Waals surface area contributed by atoms with E-state index in [0.717, 1.165) is 32.4 Å². The zero-order valence-corrected chi connectivity index (χ0v) is 15.0. The van der Waals surface area contributed by atoms with E-state index in [-0.39, 0.29) is 5.75 Å². The Morgan fingerprint density at radius 1 is 1.27 bits per heavy atom. The van der Waals surface area contributed by atoms with Crippen molar-refractivity contribution >= 4 is 33.2 Å². The molecule has 0 amide bonds. The fraction of sp³-hybridized carbons (Fsp3) is 0.600. The van der Waals surface area contributed by atoms with E-state index in [1.807, 2.05) is 0 Å². The second-order valence-corrected chi connectivity index (χ2v) is 8.57. The van der Waals surface area contributed by atoms with Gasteiger partial charge in [-0.15, -0.1) is 0 Å². The van der Waals surface area contributed by atoms with Gasteiger partial charge in [0.25, 0.3) is 0 Å². The maximum Gasteiger partial charge on any atom is 0.215 e. The molecule has 1 heterocycles. The Hall–Kier alpha value is -0.330. The number of nitrogens with one attached hydrogen (secondary N) is 1. The standard InChI is InChI=1S/C15H22Cl2N2O2S/c1-19-8-5-12(6-9-19)4-7-18-22(20,21)11-13-2-3-14(16)10-15(13)17/h2-3,10,12,18H,4-9,11H2,1H3. The van der Waals surface area contributed by atoms with Crippen LogP contribution in [0.4, 0.5) is 0 Å². The summed E-state index contributed by atoms with van der Waals surface area (Å²) in [6.07, 6.45) is 3.17. The van der Waals surface area contributed by atoms with Crippen LogP contribution in [0.5, 0.6) is 0 Å². The molecule has 1 aliphatic heterocycles. The fourth-order valence-electron chi connectivity index (χ4n) is 2.66.